The van der Waals surface area contributed by atoms with E-state index in [9.17, 15) is 4.79 Å². The van der Waals surface area contributed by atoms with E-state index >= 15 is 0 Å². The number of anilines is 1. The monoisotopic (exact) mass is 506 g/mol. The molecular formula is C31H30N4O3. The Balaban J connectivity index is 1.37. The molecule has 0 amide bonds. The van der Waals surface area contributed by atoms with Crippen LogP contribution in [0.1, 0.15) is 43.9 Å². The molecule has 192 valence electrons. The van der Waals surface area contributed by atoms with Crippen LogP contribution in [0.2, 0.25) is 0 Å². The first-order valence-electron chi connectivity index (χ1n) is 12.8. The highest BCUT2D eigenvalue weighted by Gasteiger charge is 2.41. The SMILES string of the molecule is COc1cccc(-c2nc3n(n2)C(c2ccc(OCc4ccccc4)cc2)C2=C(CC(C)(C)CC2=O)N3)c1. The van der Waals surface area contributed by atoms with Gasteiger partial charge in [-0.3, -0.25) is 4.79 Å². The largest absolute Gasteiger partial charge is 0.497 e. The summed E-state index contributed by atoms with van der Waals surface area (Å²) in [5.74, 6) is 2.85. The number of benzene rings is 3. The number of hydrogen-bond donors (Lipinski definition) is 1. The van der Waals surface area contributed by atoms with Crippen molar-refractivity contribution in [2.24, 2.45) is 5.41 Å². The quantitative estimate of drug-likeness (QED) is 0.336. The summed E-state index contributed by atoms with van der Waals surface area (Å²) in [4.78, 5) is 18.4. The Bertz CT molecular complexity index is 1520. The number of hydrogen-bond acceptors (Lipinski definition) is 6. The van der Waals surface area contributed by atoms with E-state index in [1.807, 2.05) is 83.5 Å². The van der Waals surface area contributed by atoms with Gasteiger partial charge in [-0.15, -0.1) is 5.10 Å². The zero-order chi connectivity index (χ0) is 26.3. The molecule has 1 aromatic heterocycles. The van der Waals surface area contributed by atoms with Crippen molar-refractivity contribution in [3.05, 3.63) is 101 Å². The zero-order valence-corrected chi connectivity index (χ0v) is 21.8. The van der Waals surface area contributed by atoms with Crippen LogP contribution in [0.25, 0.3) is 11.4 Å². The van der Waals surface area contributed by atoms with Crippen LogP contribution in [0, 0.1) is 5.41 Å². The highest BCUT2D eigenvalue weighted by molar-refractivity contribution is 6.00. The van der Waals surface area contributed by atoms with Crippen molar-refractivity contribution in [2.75, 3.05) is 12.4 Å². The zero-order valence-electron chi connectivity index (χ0n) is 21.8. The van der Waals surface area contributed by atoms with Crippen LogP contribution in [0.3, 0.4) is 0 Å². The molecule has 0 bridgehead atoms. The van der Waals surface area contributed by atoms with E-state index in [1.54, 1.807) is 7.11 Å². The van der Waals surface area contributed by atoms with E-state index in [2.05, 4.69) is 19.2 Å². The fourth-order valence-corrected chi connectivity index (χ4v) is 5.29. The molecule has 0 spiro atoms. The number of ether oxygens (including phenoxy) is 2. The molecule has 1 atom stereocenters. The topological polar surface area (TPSA) is 78.3 Å². The second-order valence-electron chi connectivity index (χ2n) is 10.6. The third-order valence-electron chi connectivity index (χ3n) is 7.10. The van der Waals surface area contributed by atoms with Gasteiger partial charge in [-0.1, -0.05) is 68.4 Å². The van der Waals surface area contributed by atoms with Crippen LogP contribution in [0.15, 0.2) is 90.1 Å². The van der Waals surface area contributed by atoms with E-state index in [1.165, 1.54) is 0 Å². The summed E-state index contributed by atoms with van der Waals surface area (Å²) in [6.45, 7) is 4.75. The average Bonchev–Trinajstić information content (AvgIpc) is 3.35. The van der Waals surface area contributed by atoms with Crippen LogP contribution < -0.4 is 14.8 Å². The number of allylic oxidation sites excluding steroid dienone is 2. The molecule has 0 saturated carbocycles. The Morgan fingerprint density at radius 1 is 0.974 bits per heavy atom. The normalized spacial score (nSPS) is 17.9. The number of nitrogens with zero attached hydrogens (tertiary/aromatic N) is 3. The number of carbonyl (C=O) groups is 1. The number of ketones is 1. The molecule has 6 rings (SSSR count). The minimum atomic E-state index is -0.375. The van der Waals surface area contributed by atoms with Gasteiger partial charge >= 0.3 is 0 Å². The van der Waals surface area contributed by atoms with Crippen LogP contribution in [-0.2, 0) is 11.4 Å². The molecule has 0 radical (unpaired) electrons. The fraction of sp³-hybridized carbons (Fsp3) is 0.258. The number of Topliss-reactive ketones (excluding diaryl/α,β-unsaturated/α-hetero) is 1. The summed E-state index contributed by atoms with van der Waals surface area (Å²) >= 11 is 0. The lowest BCUT2D eigenvalue weighted by Gasteiger charge is -2.38. The van der Waals surface area contributed by atoms with Gasteiger partial charge in [0, 0.05) is 23.3 Å². The van der Waals surface area contributed by atoms with E-state index in [0.29, 0.717) is 24.8 Å². The maximum absolute atomic E-state index is 13.5. The van der Waals surface area contributed by atoms with Crippen molar-refractivity contribution < 1.29 is 14.3 Å². The molecule has 1 aliphatic carbocycles. The van der Waals surface area contributed by atoms with Gasteiger partial charge in [0.2, 0.25) is 5.95 Å². The highest BCUT2D eigenvalue weighted by Crippen LogP contribution is 2.46. The Kier molecular flexibility index (Phi) is 5.98. The third kappa shape index (κ3) is 4.56. The van der Waals surface area contributed by atoms with Gasteiger partial charge in [0.05, 0.1) is 7.11 Å². The summed E-state index contributed by atoms with van der Waals surface area (Å²) in [7, 11) is 1.64. The average molecular weight is 507 g/mol. The predicted octanol–water partition coefficient (Wildman–Crippen LogP) is 6.19. The van der Waals surface area contributed by atoms with E-state index < -0.39 is 0 Å². The lowest BCUT2D eigenvalue weighted by atomic mass is 9.73. The number of fused-ring (bicyclic) bond motifs is 1. The Hall–Kier alpha value is -4.39. The second kappa shape index (κ2) is 9.49. The summed E-state index contributed by atoms with van der Waals surface area (Å²) in [5.41, 5.74) is 4.48. The van der Waals surface area contributed by atoms with Gasteiger partial charge in [-0.25, -0.2) is 4.68 Å². The fourth-order valence-electron chi connectivity index (χ4n) is 5.29. The number of carbonyl (C=O) groups excluding carboxylic acids is 1. The Labute approximate surface area is 222 Å². The molecule has 0 fully saturated rings. The molecule has 7 nitrogen and oxygen atoms in total. The van der Waals surface area contributed by atoms with Gasteiger partial charge in [0.15, 0.2) is 11.6 Å². The Morgan fingerprint density at radius 3 is 2.53 bits per heavy atom. The predicted molar refractivity (Wildman–Crippen MR) is 146 cm³/mol. The molecular weight excluding hydrogens is 476 g/mol. The van der Waals surface area contributed by atoms with Gasteiger partial charge in [-0.05, 0) is 47.2 Å². The smallest absolute Gasteiger partial charge is 0.226 e. The number of methoxy groups -OCH3 is 1. The van der Waals surface area contributed by atoms with Gasteiger partial charge in [0.25, 0.3) is 0 Å². The minimum absolute atomic E-state index is 0.125. The molecule has 0 saturated heterocycles. The van der Waals surface area contributed by atoms with Crippen molar-refractivity contribution in [1.82, 2.24) is 14.8 Å². The van der Waals surface area contributed by atoms with Crippen molar-refractivity contribution in [3.8, 4) is 22.9 Å². The Morgan fingerprint density at radius 2 is 1.76 bits per heavy atom. The standard InChI is InChI=1S/C31H30N4O3/c1-31(2)17-25-27(26(36)18-31)28(21-12-14-23(15-13-21)38-19-20-8-5-4-6-9-20)35-30(32-25)33-29(34-35)22-10-7-11-24(16-22)37-3/h4-16,28H,17-19H2,1-3H3,(H,32,33,34). The number of nitrogens with one attached hydrogen (secondary N) is 1. The van der Waals surface area contributed by atoms with E-state index in [0.717, 1.165) is 45.9 Å². The highest BCUT2D eigenvalue weighted by atomic mass is 16.5. The maximum atomic E-state index is 13.5. The van der Waals surface area contributed by atoms with Crippen molar-refractivity contribution >= 4 is 11.7 Å². The van der Waals surface area contributed by atoms with Crippen LogP contribution in [-0.4, -0.2) is 27.7 Å². The lowest BCUT2D eigenvalue weighted by Crippen LogP contribution is -2.36. The first-order chi connectivity index (χ1) is 18.4. The van der Waals surface area contributed by atoms with Crippen LogP contribution >= 0.6 is 0 Å². The molecule has 7 heteroatoms. The molecule has 1 aliphatic heterocycles. The van der Waals surface area contributed by atoms with Crippen LogP contribution in [0.5, 0.6) is 11.5 Å². The molecule has 1 unspecified atom stereocenters. The second-order valence-corrected chi connectivity index (χ2v) is 10.6. The van der Waals surface area contributed by atoms with Gasteiger partial charge in [-0.2, -0.15) is 4.98 Å². The molecule has 1 N–H and O–H groups in total. The minimum Gasteiger partial charge on any atom is -0.497 e. The first-order valence-corrected chi connectivity index (χ1v) is 12.8. The van der Waals surface area contributed by atoms with Crippen molar-refractivity contribution in [3.63, 3.8) is 0 Å². The lowest BCUT2D eigenvalue weighted by molar-refractivity contribution is -0.118. The molecule has 2 aliphatic rings. The summed E-state index contributed by atoms with van der Waals surface area (Å²) in [6, 6.07) is 25.3. The summed E-state index contributed by atoms with van der Waals surface area (Å²) in [5, 5.41) is 8.33. The molecule has 3 aromatic carbocycles. The molecule has 2 heterocycles. The third-order valence-corrected chi connectivity index (χ3v) is 7.10. The van der Waals surface area contributed by atoms with Gasteiger partial charge in [0.1, 0.15) is 24.1 Å². The van der Waals surface area contributed by atoms with Crippen LogP contribution in [0.4, 0.5) is 5.95 Å². The molecule has 4 aromatic rings. The number of rotatable bonds is 6. The first kappa shape index (κ1) is 24.0. The molecule has 38 heavy (non-hydrogen) atoms. The van der Waals surface area contributed by atoms with E-state index in [4.69, 9.17) is 19.6 Å². The maximum Gasteiger partial charge on any atom is 0.226 e. The van der Waals surface area contributed by atoms with Crippen molar-refractivity contribution in [1.29, 1.82) is 0 Å². The summed E-state index contributed by atoms with van der Waals surface area (Å²) < 4.78 is 13.2. The van der Waals surface area contributed by atoms with Gasteiger partial charge < -0.3 is 14.8 Å². The van der Waals surface area contributed by atoms with Crippen molar-refractivity contribution in [2.45, 2.75) is 39.3 Å². The summed E-state index contributed by atoms with van der Waals surface area (Å²) in [6.07, 6.45) is 1.26. The number of aromatic nitrogens is 3. The van der Waals surface area contributed by atoms with E-state index in [-0.39, 0.29) is 17.2 Å².